The minimum atomic E-state index is -0.0633. The normalized spacial score (nSPS) is 14.7. The van der Waals surface area contributed by atoms with Gasteiger partial charge in [0.05, 0.1) is 32.0 Å². The number of likely N-dealkylation sites (N-methyl/N-ethyl adjacent to an activating group) is 1. The van der Waals surface area contributed by atoms with Crippen molar-refractivity contribution in [2.24, 2.45) is 0 Å². The van der Waals surface area contributed by atoms with Gasteiger partial charge in [0, 0.05) is 24.5 Å². The van der Waals surface area contributed by atoms with Crippen LogP contribution in [0.3, 0.4) is 0 Å². The zero-order valence-corrected chi connectivity index (χ0v) is 15.6. The average molecular weight is 358 g/mol. The van der Waals surface area contributed by atoms with Crippen LogP contribution in [0.1, 0.15) is 17.3 Å². The van der Waals surface area contributed by atoms with Gasteiger partial charge in [-0.15, -0.1) is 0 Å². The Hall–Kier alpha value is -2.38. The van der Waals surface area contributed by atoms with Crippen LogP contribution in [0, 0.1) is 13.8 Å². The van der Waals surface area contributed by atoms with E-state index in [0.29, 0.717) is 12.4 Å². The van der Waals surface area contributed by atoms with Crippen molar-refractivity contribution in [2.45, 2.75) is 20.4 Å². The van der Waals surface area contributed by atoms with Crippen molar-refractivity contribution in [1.82, 2.24) is 9.88 Å². The Morgan fingerprint density at radius 1 is 1.23 bits per heavy atom. The van der Waals surface area contributed by atoms with Crippen LogP contribution in [0.15, 0.2) is 28.7 Å². The molecule has 26 heavy (non-hydrogen) atoms. The van der Waals surface area contributed by atoms with Gasteiger partial charge < -0.3 is 19.4 Å². The van der Waals surface area contributed by atoms with E-state index in [-0.39, 0.29) is 12.5 Å². The fourth-order valence-electron chi connectivity index (χ4n) is 2.92. The number of carbonyl (C=O) groups excluding carboxylic acids is 1. The van der Waals surface area contributed by atoms with Gasteiger partial charge >= 0.3 is 0 Å². The molecule has 1 aromatic heterocycles. The molecule has 0 unspecified atom stereocenters. The Kier molecular flexibility index (Phi) is 5.90. The van der Waals surface area contributed by atoms with E-state index >= 15 is 0 Å². The second kappa shape index (κ2) is 8.33. The summed E-state index contributed by atoms with van der Waals surface area (Å²) in [6, 6.07) is 7.93. The molecular formula is C19H26N4O3. The van der Waals surface area contributed by atoms with Crippen LogP contribution < -0.4 is 10.2 Å². The van der Waals surface area contributed by atoms with Crippen LogP contribution in [-0.2, 0) is 16.1 Å². The highest BCUT2D eigenvalue weighted by molar-refractivity contribution is 5.92. The molecule has 0 aliphatic carbocycles. The second-order valence-electron chi connectivity index (χ2n) is 6.62. The molecule has 0 bridgehead atoms. The molecule has 1 N–H and O–H groups in total. The number of benzene rings is 1. The maximum atomic E-state index is 12.2. The summed E-state index contributed by atoms with van der Waals surface area (Å²) in [5.74, 6) is 1.38. The Balaban J connectivity index is 1.49. The zero-order valence-electron chi connectivity index (χ0n) is 15.6. The molecule has 1 fully saturated rings. The fourth-order valence-corrected chi connectivity index (χ4v) is 2.92. The summed E-state index contributed by atoms with van der Waals surface area (Å²) < 4.78 is 10.9. The standard InChI is InChI=1S/C19H26N4O3/c1-14-15(2)26-19(20-14)13-22(3)12-18(24)21-16-4-6-17(7-5-16)23-8-10-25-11-9-23/h4-7H,8-13H2,1-3H3,(H,21,24). The highest BCUT2D eigenvalue weighted by Crippen LogP contribution is 2.19. The predicted molar refractivity (Wildman–Crippen MR) is 100 cm³/mol. The van der Waals surface area contributed by atoms with E-state index in [1.807, 2.05) is 50.1 Å². The summed E-state index contributed by atoms with van der Waals surface area (Å²) in [5.41, 5.74) is 2.83. The number of aryl methyl sites for hydroxylation is 2. The monoisotopic (exact) mass is 358 g/mol. The van der Waals surface area contributed by atoms with Gasteiger partial charge in [-0.05, 0) is 45.2 Å². The summed E-state index contributed by atoms with van der Waals surface area (Å²) in [5, 5.41) is 2.93. The lowest BCUT2D eigenvalue weighted by molar-refractivity contribution is -0.117. The van der Waals surface area contributed by atoms with Crippen molar-refractivity contribution in [3.8, 4) is 0 Å². The van der Waals surface area contributed by atoms with E-state index in [9.17, 15) is 4.79 Å². The molecule has 1 aliphatic rings. The number of carbonyl (C=O) groups is 1. The quantitative estimate of drug-likeness (QED) is 0.854. The smallest absolute Gasteiger partial charge is 0.238 e. The molecule has 1 aliphatic heterocycles. The van der Waals surface area contributed by atoms with E-state index in [4.69, 9.17) is 9.15 Å². The van der Waals surface area contributed by atoms with Gasteiger partial charge in [0.2, 0.25) is 11.8 Å². The molecule has 0 radical (unpaired) electrons. The number of aromatic nitrogens is 1. The van der Waals surface area contributed by atoms with Gasteiger partial charge in [0.1, 0.15) is 5.76 Å². The first-order valence-corrected chi connectivity index (χ1v) is 8.85. The van der Waals surface area contributed by atoms with Crippen LogP contribution in [0.4, 0.5) is 11.4 Å². The number of rotatable bonds is 6. The van der Waals surface area contributed by atoms with Crippen LogP contribution >= 0.6 is 0 Å². The second-order valence-corrected chi connectivity index (χ2v) is 6.62. The number of nitrogens with one attached hydrogen (secondary N) is 1. The number of hydrogen-bond donors (Lipinski definition) is 1. The minimum Gasteiger partial charge on any atom is -0.444 e. The SMILES string of the molecule is Cc1nc(CN(C)CC(=O)Nc2ccc(N3CCOCC3)cc2)oc1C. The van der Waals surface area contributed by atoms with Crippen molar-refractivity contribution in [3.05, 3.63) is 41.6 Å². The molecule has 0 atom stereocenters. The fraction of sp³-hybridized carbons (Fsp3) is 0.474. The number of oxazole rings is 1. The minimum absolute atomic E-state index is 0.0633. The lowest BCUT2D eigenvalue weighted by Gasteiger charge is -2.28. The number of amides is 1. The van der Waals surface area contributed by atoms with E-state index in [1.54, 1.807) is 0 Å². The summed E-state index contributed by atoms with van der Waals surface area (Å²) in [6.45, 7) is 7.88. The van der Waals surface area contributed by atoms with Gasteiger partial charge in [-0.3, -0.25) is 9.69 Å². The number of nitrogens with zero attached hydrogens (tertiary/aromatic N) is 3. The first-order valence-electron chi connectivity index (χ1n) is 8.85. The van der Waals surface area contributed by atoms with Crippen molar-refractivity contribution in [2.75, 3.05) is 50.1 Å². The van der Waals surface area contributed by atoms with Gasteiger partial charge in [0.15, 0.2) is 0 Å². The molecule has 0 spiro atoms. The summed E-state index contributed by atoms with van der Waals surface area (Å²) in [7, 11) is 1.87. The third kappa shape index (κ3) is 4.83. The molecule has 140 valence electrons. The lowest BCUT2D eigenvalue weighted by atomic mass is 10.2. The van der Waals surface area contributed by atoms with Crippen LogP contribution in [0.2, 0.25) is 0 Å². The van der Waals surface area contributed by atoms with Crippen LogP contribution in [0.5, 0.6) is 0 Å². The molecule has 7 nitrogen and oxygen atoms in total. The molecule has 2 heterocycles. The highest BCUT2D eigenvalue weighted by atomic mass is 16.5. The number of hydrogen-bond acceptors (Lipinski definition) is 6. The van der Waals surface area contributed by atoms with E-state index in [0.717, 1.165) is 49.1 Å². The molecule has 2 aromatic rings. The van der Waals surface area contributed by atoms with Crippen molar-refractivity contribution in [3.63, 3.8) is 0 Å². The van der Waals surface area contributed by atoms with Crippen molar-refractivity contribution < 1.29 is 13.9 Å². The Morgan fingerprint density at radius 3 is 2.54 bits per heavy atom. The third-order valence-corrected chi connectivity index (χ3v) is 4.42. The number of anilines is 2. The molecular weight excluding hydrogens is 332 g/mol. The molecule has 7 heteroatoms. The van der Waals surface area contributed by atoms with Gasteiger partial charge in [0.25, 0.3) is 0 Å². The van der Waals surface area contributed by atoms with Crippen molar-refractivity contribution >= 4 is 17.3 Å². The Labute approximate surface area is 153 Å². The Morgan fingerprint density at radius 2 is 1.92 bits per heavy atom. The lowest BCUT2D eigenvalue weighted by Crippen LogP contribution is -2.36. The Bertz CT molecular complexity index is 716. The molecule has 0 saturated carbocycles. The molecule has 1 amide bonds. The highest BCUT2D eigenvalue weighted by Gasteiger charge is 2.13. The zero-order chi connectivity index (χ0) is 18.5. The average Bonchev–Trinajstić information content (AvgIpc) is 2.93. The number of morpholine rings is 1. The van der Waals surface area contributed by atoms with Crippen LogP contribution in [0.25, 0.3) is 0 Å². The maximum Gasteiger partial charge on any atom is 0.238 e. The van der Waals surface area contributed by atoms with Crippen molar-refractivity contribution in [1.29, 1.82) is 0 Å². The number of ether oxygens (including phenoxy) is 1. The molecule has 3 rings (SSSR count). The first-order chi connectivity index (χ1) is 12.5. The van der Waals surface area contributed by atoms with Gasteiger partial charge in [-0.1, -0.05) is 0 Å². The van der Waals surface area contributed by atoms with E-state index in [2.05, 4.69) is 15.2 Å². The summed E-state index contributed by atoms with van der Waals surface area (Å²) in [6.07, 6.45) is 0. The largest absolute Gasteiger partial charge is 0.444 e. The first kappa shape index (κ1) is 18.4. The molecule has 1 saturated heterocycles. The topological polar surface area (TPSA) is 70.8 Å². The summed E-state index contributed by atoms with van der Waals surface area (Å²) in [4.78, 5) is 20.7. The van der Waals surface area contributed by atoms with Gasteiger partial charge in [-0.25, -0.2) is 4.98 Å². The van der Waals surface area contributed by atoms with E-state index < -0.39 is 0 Å². The maximum absolute atomic E-state index is 12.2. The predicted octanol–water partition coefficient (Wildman–Crippen LogP) is 2.20. The molecule has 1 aromatic carbocycles. The van der Waals surface area contributed by atoms with Crippen LogP contribution in [-0.4, -0.2) is 55.7 Å². The third-order valence-electron chi connectivity index (χ3n) is 4.42. The van der Waals surface area contributed by atoms with Gasteiger partial charge in [-0.2, -0.15) is 0 Å². The van der Waals surface area contributed by atoms with E-state index in [1.165, 1.54) is 0 Å². The summed E-state index contributed by atoms with van der Waals surface area (Å²) >= 11 is 0.